The molecular formula is C17H18F3N3O3. The molecule has 1 aromatic carbocycles. The fourth-order valence-corrected chi connectivity index (χ4v) is 3.96. The lowest BCUT2D eigenvalue weighted by atomic mass is 10.0. The monoisotopic (exact) mass is 369 g/mol. The van der Waals surface area contributed by atoms with Crippen LogP contribution >= 0.6 is 0 Å². The normalized spacial score (nSPS) is 25.5. The van der Waals surface area contributed by atoms with E-state index in [4.69, 9.17) is 4.74 Å². The van der Waals surface area contributed by atoms with Crippen LogP contribution in [0.15, 0.2) is 35.8 Å². The van der Waals surface area contributed by atoms with Crippen LogP contribution in [0.25, 0.3) is 0 Å². The zero-order valence-electron chi connectivity index (χ0n) is 13.9. The van der Waals surface area contributed by atoms with E-state index in [1.807, 2.05) is 9.80 Å². The molecule has 2 fully saturated rings. The summed E-state index contributed by atoms with van der Waals surface area (Å²) in [6.07, 6.45) is -2.69. The van der Waals surface area contributed by atoms with Gasteiger partial charge in [-0.05, 0) is 37.0 Å². The maximum atomic E-state index is 12.7. The minimum absolute atomic E-state index is 0.0744. The highest BCUT2D eigenvalue weighted by Crippen LogP contribution is 2.40. The van der Waals surface area contributed by atoms with Gasteiger partial charge in [-0.2, -0.15) is 13.2 Å². The van der Waals surface area contributed by atoms with Crippen LogP contribution < -0.4 is 0 Å². The van der Waals surface area contributed by atoms with E-state index in [0.717, 1.165) is 25.0 Å². The van der Waals surface area contributed by atoms with Gasteiger partial charge in [-0.25, -0.2) is 0 Å². The summed E-state index contributed by atoms with van der Waals surface area (Å²) in [6.45, 7) is 1.53. The zero-order valence-corrected chi connectivity index (χ0v) is 13.9. The molecule has 3 aliphatic heterocycles. The number of nitro groups is 1. The highest BCUT2D eigenvalue weighted by atomic mass is 19.4. The van der Waals surface area contributed by atoms with Gasteiger partial charge in [-0.15, -0.1) is 0 Å². The lowest BCUT2D eigenvalue weighted by molar-refractivity contribution is -0.448. The average Bonchev–Trinajstić information content (AvgIpc) is 2.98. The minimum atomic E-state index is -4.37. The minimum Gasteiger partial charge on any atom is -0.347 e. The number of benzene rings is 1. The molecule has 0 radical (unpaired) electrons. The summed E-state index contributed by atoms with van der Waals surface area (Å²) >= 11 is 0. The molecule has 9 heteroatoms. The van der Waals surface area contributed by atoms with E-state index in [1.165, 1.54) is 12.1 Å². The molecule has 1 aromatic rings. The van der Waals surface area contributed by atoms with Crippen molar-refractivity contribution in [3.05, 3.63) is 57.0 Å². The molecule has 2 saturated heterocycles. The number of hydrogen-bond acceptors (Lipinski definition) is 5. The van der Waals surface area contributed by atoms with Gasteiger partial charge in [0, 0.05) is 19.6 Å². The molecule has 3 heterocycles. The number of nitrogens with zero attached hydrogens (tertiary/aromatic N) is 3. The van der Waals surface area contributed by atoms with Gasteiger partial charge >= 0.3 is 11.9 Å². The summed E-state index contributed by atoms with van der Waals surface area (Å²) in [7, 11) is 0. The Morgan fingerprint density at radius 3 is 2.58 bits per heavy atom. The fraction of sp³-hybridized carbons (Fsp3) is 0.529. The number of alkyl halides is 3. The Balaban J connectivity index is 1.62. The third-order valence-corrected chi connectivity index (χ3v) is 5.15. The topological polar surface area (TPSA) is 58.9 Å². The second kappa shape index (κ2) is 6.15. The van der Waals surface area contributed by atoms with Gasteiger partial charge in [0.05, 0.1) is 10.5 Å². The molecule has 2 bridgehead atoms. The Morgan fingerprint density at radius 1 is 1.19 bits per heavy atom. The molecule has 4 rings (SSSR count). The van der Waals surface area contributed by atoms with Gasteiger partial charge in [-0.3, -0.25) is 10.1 Å². The summed E-state index contributed by atoms with van der Waals surface area (Å²) in [5.41, 5.74) is 0.0622. The van der Waals surface area contributed by atoms with Crippen LogP contribution in [-0.2, 0) is 17.5 Å². The van der Waals surface area contributed by atoms with Crippen LogP contribution in [0.3, 0.4) is 0 Å². The first-order chi connectivity index (χ1) is 12.3. The molecule has 140 valence electrons. The maximum Gasteiger partial charge on any atom is 0.416 e. The second-order valence-corrected chi connectivity index (χ2v) is 6.79. The average molecular weight is 369 g/mol. The summed E-state index contributed by atoms with van der Waals surface area (Å²) in [5.74, 6) is 0.566. The van der Waals surface area contributed by atoms with Crippen molar-refractivity contribution in [2.45, 2.75) is 44.3 Å². The predicted molar refractivity (Wildman–Crippen MR) is 85.1 cm³/mol. The van der Waals surface area contributed by atoms with Crippen LogP contribution in [0, 0.1) is 10.1 Å². The summed E-state index contributed by atoms with van der Waals surface area (Å²) < 4.78 is 43.9. The zero-order chi connectivity index (χ0) is 18.5. The van der Waals surface area contributed by atoms with Crippen molar-refractivity contribution in [3.63, 3.8) is 0 Å². The molecule has 3 aliphatic rings. The van der Waals surface area contributed by atoms with E-state index < -0.39 is 17.8 Å². The van der Waals surface area contributed by atoms with Crippen molar-refractivity contribution in [2.24, 2.45) is 0 Å². The van der Waals surface area contributed by atoms with E-state index in [-0.39, 0.29) is 16.8 Å². The van der Waals surface area contributed by atoms with Crippen LogP contribution in [0.5, 0.6) is 0 Å². The largest absolute Gasteiger partial charge is 0.416 e. The van der Waals surface area contributed by atoms with Gasteiger partial charge in [0.15, 0.2) is 11.9 Å². The molecule has 2 unspecified atom stereocenters. The molecule has 0 amide bonds. The Hall–Kier alpha value is -2.29. The van der Waals surface area contributed by atoms with E-state index in [1.54, 1.807) is 0 Å². The Labute approximate surface area is 148 Å². The van der Waals surface area contributed by atoms with E-state index in [2.05, 4.69) is 0 Å². The standard InChI is InChI=1S/C17H18F3N3O3/c18-17(19,20)12-6-4-11(5-7-12)10-21-8-9-22-14-3-1-2-13(26-14)15(16(21)22)23(24)25/h4-7,13-14H,1-3,8-10H2. The van der Waals surface area contributed by atoms with Crippen LogP contribution in [0.1, 0.15) is 30.4 Å². The van der Waals surface area contributed by atoms with Crippen LogP contribution in [0.2, 0.25) is 0 Å². The molecule has 0 N–H and O–H groups in total. The molecule has 6 nitrogen and oxygen atoms in total. The van der Waals surface area contributed by atoms with Gasteiger partial charge < -0.3 is 14.5 Å². The number of hydrogen-bond donors (Lipinski definition) is 0. The third-order valence-electron chi connectivity index (χ3n) is 5.15. The molecule has 26 heavy (non-hydrogen) atoms. The van der Waals surface area contributed by atoms with Crippen molar-refractivity contribution in [1.82, 2.24) is 9.80 Å². The lowest BCUT2D eigenvalue weighted by Crippen LogP contribution is -2.48. The molecule has 0 aliphatic carbocycles. The lowest BCUT2D eigenvalue weighted by Gasteiger charge is -2.41. The fourth-order valence-electron chi connectivity index (χ4n) is 3.96. The first-order valence-corrected chi connectivity index (χ1v) is 8.56. The number of fused-ring (bicyclic) bond motifs is 4. The van der Waals surface area contributed by atoms with Crippen LogP contribution in [0.4, 0.5) is 13.2 Å². The smallest absolute Gasteiger partial charge is 0.347 e. The van der Waals surface area contributed by atoms with Crippen molar-refractivity contribution in [1.29, 1.82) is 0 Å². The van der Waals surface area contributed by atoms with Crippen molar-refractivity contribution in [2.75, 3.05) is 13.1 Å². The maximum absolute atomic E-state index is 12.7. The first-order valence-electron chi connectivity index (χ1n) is 8.56. The van der Waals surface area contributed by atoms with E-state index in [9.17, 15) is 23.3 Å². The van der Waals surface area contributed by atoms with Crippen molar-refractivity contribution >= 4 is 0 Å². The Kier molecular flexibility index (Phi) is 4.06. The van der Waals surface area contributed by atoms with E-state index in [0.29, 0.717) is 37.4 Å². The molecule has 2 atom stereocenters. The quantitative estimate of drug-likeness (QED) is 0.605. The summed E-state index contributed by atoms with van der Waals surface area (Å²) in [6, 6.07) is 4.95. The van der Waals surface area contributed by atoms with Gasteiger partial charge in [-0.1, -0.05) is 12.1 Å². The second-order valence-electron chi connectivity index (χ2n) is 6.79. The predicted octanol–water partition coefficient (Wildman–Crippen LogP) is 3.18. The molecule has 0 saturated carbocycles. The molecule has 0 aromatic heterocycles. The molecule has 0 spiro atoms. The SMILES string of the molecule is O=[N+]([O-])C1=C2N(Cc3ccc(C(F)(F)F)cc3)CCN2C2CCCC1O2. The number of ether oxygens (including phenoxy) is 1. The Bertz CT molecular complexity index is 748. The van der Waals surface area contributed by atoms with Crippen molar-refractivity contribution in [3.8, 4) is 0 Å². The number of rotatable bonds is 3. The highest BCUT2D eigenvalue weighted by Gasteiger charge is 2.48. The van der Waals surface area contributed by atoms with Crippen LogP contribution in [-0.4, -0.2) is 40.1 Å². The highest BCUT2D eigenvalue weighted by molar-refractivity contribution is 5.26. The van der Waals surface area contributed by atoms with Crippen molar-refractivity contribution < 1.29 is 22.8 Å². The Morgan fingerprint density at radius 2 is 1.92 bits per heavy atom. The van der Waals surface area contributed by atoms with Gasteiger partial charge in [0.1, 0.15) is 6.23 Å². The van der Waals surface area contributed by atoms with E-state index >= 15 is 0 Å². The van der Waals surface area contributed by atoms with Gasteiger partial charge in [0.2, 0.25) is 0 Å². The first kappa shape index (κ1) is 17.1. The molecular weight excluding hydrogens is 351 g/mol. The third kappa shape index (κ3) is 2.90. The number of halogens is 3. The summed E-state index contributed by atoms with van der Waals surface area (Å²) in [4.78, 5) is 15.1. The summed E-state index contributed by atoms with van der Waals surface area (Å²) in [5, 5.41) is 11.6. The van der Waals surface area contributed by atoms with Gasteiger partial charge in [0.25, 0.3) is 0 Å².